The van der Waals surface area contributed by atoms with Gasteiger partial charge in [0.05, 0.1) is 10.3 Å². The first-order valence-electron chi connectivity index (χ1n) is 6.01. The number of nitrogens with zero attached hydrogens (tertiary/aromatic N) is 1. The Balaban J connectivity index is 2.66. The molecule has 0 aliphatic carbocycles. The van der Waals surface area contributed by atoms with Crippen molar-refractivity contribution in [3.05, 3.63) is 39.9 Å². The van der Waals surface area contributed by atoms with Crippen LogP contribution in [0.1, 0.15) is 32.4 Å². The number of nitrogens with one attached hydrogen (secondary N) is 1. The fourth-order valence-electron chi connectivity index (χ4n) is 1.50. The molecule has 1 unspecified atom stereocenters. The third-order valence-corrected chi connectivity index (χ3v) is 3.12. The summed E-state index contributed by atoms with van der Waals surface area (Å²) in [5.74, 6) is -0.365. The Labute approximate surface area is 112 Å². The van der Waals surface area contributed by atoms with Gasteiger partial charge in [0.15, 0.2) is 0 Å². The molecule has 0 saturated carbocycles. The Hall–Kier alpha value is -1.95. The molecule has 0 aromatic heterocycles. The van der Waals surface area contributed by atoms with Crippen LogP contribution >= 0.6 is 0 Å². The Morgan fingerprint density at radius 1 is 1.42 bits per heavy atom. The molecule has 1 atom stereocenters. The van der Waals surface area contributed by atoms with Gasteiger partial charge >= 0.3 is 0 Å². The third-order valence-electron chi connectivity index (χ3n) is 3.12. The second kappa shape index (κ2) is 5.79. The van der Waals surface area contributed by atoms with Gasteiger partial charge in [-0.25, -0.2) is 0 Å². The van der Waals surface area contributed by atoms with Gasteiger partial charge in [-0.05, 0) is 26.3 Å². The molecule has 0 aliphatic heterocycles. The highest BCUT2D eigenvalue weighted by atomic mass is 16.6. The topological polar surface area (TPSA) is 98.3 Å². The second-order valence-corrected chi connectivity index (χ2v) is 5.20. The number of nitrogens with two attached hydrogens (primary N) is 1. The predicted molar refractivity (Wildman–Crippen MR) is 72.5 cm³/mol. The second-order valence-electron chi connectivity index (χ2n) is 5.20. The Morgan fingerprint density at radius 2 is 1.95 bits per heavy atom. The molecule has 1 aromatic rings. The van der Waals surface area contributed by atoms with Crippen LogP contribution in [0.4, 0.5) is 5.69 Å². The maximum absolute atomic E-state index is 11.2. The molecule has 1 aromatic carbocycles. The zero-order valence-corrected chi connectivity index (χ0v) is 11.3. The van der Waals surface area contributed by atoms with E-state index in [9.17, 15) is 14.9 Å². The summed E-state index contributed by atoms with van der Waals surface area (Å²) in [6.45, 7) is 5.91. The van der Waals surface area contributed by atoms with Gasteiger partial charge in [-0.15, -0.1) is 0 Å². The van der Waals surface area contributed by atoms with E-state index in [1.54, 1.807) is 26.0 Å². The molecule has 1 rings (SSSR count). The fourth-order valence-corrected chi connectivity index (χ4v) is 1.50. The SMILES string of the molecule is CC(NCC(C)(C)C(N)=O)c1ccc([N+](=O)[O-])cc1. The van der Waals surface area contributed by atoms with Crippen molar-refractivity contribution in [2.75, 3.05) is 6.54 Å². The maximum atomic E-state index is 11.2. The highest BCUT2D eigenvalue weighted by Crippen LogP contribution is 2.19. The van der Waals surface area contributed by atoms with Gasteiger partial charge in [-0.1, -0.05) is 12.1 Å². The Morgan fingerprint density at radius 3 is 2.37 bits per heavy atom. The van der Waals surface area contributed by atoms with Crippen molar-refractivity contribution in [3.63, 3.8) is 0 Å². The highest BCUT2D eigenvalue weighted by Gasteiger charge is 2.25. The number of primary amides is 1. The van der Waals surface area contributed by atoms with Crippen LogP contribution < -0.4 is 11.1 Å². The van der Waals surface area contributed by atoms with Crippen LogP contribution in [-0.4, -0.2) is 17.4 Å². The van der Waals surface area contributed by atoms with Crippen molar-refractivity contribution < 1.29 is 9.72 Å². The van der Waals surface area contributed by atoms with E-state index in [0.29, 0.717) is 6.54 Å². The summed E-state index contributed by atoms with van der Waals surface area (Å²) in [5, 5.41) is 13.8. The average molecular weight is 265 g/mol. The van der Waals surface area contributed by atoms with Crippen LogP contribution in [0.3, 0.4) is 0 Å². The molecule has 1 amide bonds. The van der Waals surface area contributed by atoms with Crippen molar-refractivity contribution in [1.29, 1.82) is 0 Å². The number of carbonyl (C=O) groups is 1. The van der Waals surface area contributed by atoms with Crippen molar-refractivity contribution in [3.8, 4) is 0 Å². The number of nitro benzene ring substituents is 1. The van der Waals surface area contributed by atoms with E-state index in [0.717, 1.165) is 5.56 Å². The van der Waals surface area contributed by atoms with Gasteiger partial charge in [-0.3, -0.25) is 14.9 Å². The summed E-state index contributed by atoms with van der Waals surface area (Å²) in [6.07, 6.45) is 0. The Kier molecular flexibility index (Phi) is 4.61. The lowest BCUT2D eigenvalue weighted by Crippen LogP contribution is -2.41. The Bertz CT molecular complexity index is 469. The molecular formula is C13H19N3O3. The molecule has 0 bridgehead atoms. The van der Waals surface area contributed by atoms with E-state index in [4.69, 9.17) is 5.73 Å². The lowest BCUT2D eigenvalue weighted by Gasteiger charge is -2.24. The molecule has 0 aliphatic rings. The lowest BCUT2D eigenvalue weighted by molar-refractivity contribution is -0.384. The smallest absolute Gasteiger partial charge is 0.269 e. The van der Waals surface area contributed by atoms with Crippen LogP contribution in [0, 0.1) is 15.5 Å². The molecule has 104 valence electrons. The van der Waals surface area contributed by atoms with Crippen LogP contribution in [-0.2, 0) is 4.79 Å². The molecule has 0 radical (unpaired) electrons. The van der Waals surface area contributed by atoms with Gasteiger partial charge in [0.2, 0.25) is 5.91 Å². The highest BCUT2D eigenvalue weighted by molar-refractivity contribution is 5.80. The molecule has 6 heteroatoms. The zero-order chi connectivity index (χ0) is 14.6. The molecule has 19 heavy (non-hydrogen) atoms. The van der Waals surface area contributed by atoms with E-state index in [2.05, 4.69) is 5.32 Å². The van der Waals surface area contributed by atoms with Crippen LogP contribution in [0.2, 0.25) is 0 Å². The summed E-state index contributed by atoms with van der Waals surface area (Å²) in [4.78, 5) is 21.3. The number of hydrogen-bond donors (Lipinski definition) is 2. The standard InChI is InChI=1S/C13H19N3O3/c1-9(15-8-13(2,3)12(14)17)10-4-6-11(7-5-10)16(18)19/h4-7,9,15H,8H2,1-3H3,(H2,14,17). The number of benzene rings is 1. The number of nitro groups is 1. The molecule has 3 N–H and O–H groups in total. The van der Waals surface area contributed by atoms with Crippen molar-refractivity contribution >= 4 is 11.6 Å². The van der Waals surface area contributed by atoms with Crippen LogP contribution in [0.5, 0.6) is 0 Å². The molecule has 0 saturated heterocycles. The summed E-state index contributed by atoms with van der Waals surface area (Å²) in [5.41, 5.74) is 5.65. The van der Waals surface area contributed by atoms with Crippen LogP contribution in [0.25, 0.3) is 0 Å². The lowest BCUT2D eigenvalue weighted by atomic mass is 9.92. The minimum absolute atomic E-state index is 0.0144. The number of hydrogen-bond acceptors (Lipinski definition) is 4. The monoisotopic (exact) mass is 265 g/mol. The molecule has 6 nitrogen and oxygen atoms in total. The zero-order valence-electron chi connectivity index (χ0n) is 11.3. The van der Waals surface area contributed by atoms with Crippen molar-refractivity contribution in [2.24, 2.45) is 11.1 Å². The van der Waals surface area contributed by atoms with E-state index >= 15 is 0 Å². The summed E-state index contributed by atoms with van der Waals surface area (Å²) >= 11 is 0. The number of amides is 1. The number of rotatable bonds is 6. The summed E-state index contributed by atoms with van der Waals surface area (Å²) < 4.78 is 0. The van der Waals surface area contributed by atoms with Crippen molar-refractivity contribution in [1.82, 2.24) is 5.32 Å². The first kappa shape index (κ1) is 15.1. The molecule has 0 fully saturated rings. The quantitative estimate of drug-likeness (QED) is 0.604. The minimum Gasteiger partial charge on any atom is -0.369 e. The minimum atomic E-state index is -0.630. The first-order valence-corrected chi connectivity index (χ1v) is 6.01. The van der Waals surface area contributed by atoms with Crippen molar-refractivity contribution in [2.45, 2.75) is 26.8 Å². The summed E-state index contributed by atoms with van der Waals surface area (Å²) in [7, 11) is 0. The summed E-state index contributed by atoms with van der Waals surface area (Å²) in [6, 6.07) is 6.32. The molecule has 0 spiro atoms. The van der Waals surface area contributed by atoms with Gasteiger partial charge in [0.1, 0.15) is 0 Å². The van der Waals surface area contributed by atoms with Gasteiger partial charge < -0.3 is 11.1 Å². The number of non-ortho nitro benzene ring substituents is 1. The van der Waals surface area contributed by atoms with Crippen LogP contribution in [0.15, 0.2) is 24.3 Å². The van der Waals surface area contributed by atoms with Gasteiger partial charge in [-0.2, -0.15) is 0 Å². The van der Waals surface area contributed by atoms with E-state index < -0.39 is 10.3 Å². The average Bonchev–Trinajstić information content (AvgIpc) is 2.36. The van der Waals surface area contributed by atoms with Gasteiger partial charge in [0, 0.05) is 24.7 Å². The maximum Gasteiger partial charge on any atom is 0.269 e. The van der Waals surface area contributed by atoms with E-state index in [-0.39, 0.29) is 17.6 Å². The number of carbonyl (C=O) groups excluding carboxylic acids is 1. The predicted octanol–water partition coefficient (Wildman–Crippen LogP) is 1.76. The first-order chi connectivity index (χ1) is 8.74. The van der Waals surface area contributed by atoms with Gasteiger partial charge in [0.25, 0.3) is 5.69 Å². The third kappa shape index (κ3) is 4.03. The normalized spacial score (nSPS) is 13.0. The molecule has 0 heterocycles. The fraction of sp³-hybridized carbons (Fsp3) is 0.462. The largest absolute Gasteiger partial charge is 0.369 e. The van der Waals surface area contributed by atoms with E-state index in [1.165, 1.54) is 12.1 Å². The molecular weight excluding hydrogens is 246 g/mol. The van der Waals surface area contributed by atoms with E-state index in [1.807, 2.05) is 6.92 Å².